The van der Waals surface area contributed by atoms with Gasteiger partial charge in [0.2, 0.25) is 0 Å². The number of hydrogen-bond donors (Lipinski definition) is 3. The topological polar surface area (TPSA) is 124 Å². The number of hydrogen-bond acceptors (Lipinski definition) is 6. The summed E-state index contributed by atoms with van der Waals surface area (Å²) in [5.74, 6) is 0.989. The summed E-state index contributed by atoms with van der Waals surface area (Å²) in [6, 6.07) is 16.0. The predicted octanol–water partition coefficient (Wildman–Crippen LogP) is 4.14. The second kappa shape index (κ2) is 10.4. The van der Waals surface area contributed by atoms with E-state index in [0.717, 1.165) is 41.7 Å². The van der Waals surface area contributed by atoms with Crippen LogP contribution >= 0.6 is 11.3 Å². The molecule has 11 heteroatoms. The van der Waals surface area contributed by atoms with Crippen LogP contribution in [-0.4, -0.2) is 56.4 Å². The van der Waals surface area contributed by atoms with E-state index in [1.807, 2.05) is 35.7 Å². The van der Waals surface area contributed by atoms with E-state index in [2.05, 4.69) is 0 Å². The lowest BCUT2D eigenvalue weighted by Crippen LogP contribution is -2.58. The van der Waals surface area contributed by atoms with E-state index in [1.54, 1.807) is 36.2 Å². The van der Waals surface area contributed by atoms with Crippen LogP contribution in [0.25, 0.3) is 0 Å². The molecule has 0 amide bonds. The molecule has 0 saturated carbocycles. The lowest BCUT2D eigenvalue weighted by molar-refractivity contribution is -1.01. The van der Waals surface area contributed by atoms with Gasteiger partial charge in [0.1, 0.15) is 18.0 Å². The van der Waals surface area contributed by atoms with Gasteiger partial charge in [-0.2, -0.15) is 0 Å². The Morgan fingerprint density at radius 1 is 1.05 bits per heavy atom. The van der Waals surface area contributed by atoms with Crippen LogP contribution in [0.15, 0.2) is 64.9 Å². The number of guanidine groups is 1. The number of likely N-dealkylation sites (tertiary alicyclic amines) is 1. The van der Waals surface area contributed by atoms with E-state index in [0.29, 0.717) is 43.5 Å². The fourth-order valence-electron chi connectivity index (χ4n) is 5.11. The minimum atomic E-state index is -3.81. The molecule has 3 heterocycles. The van der Waals surface area contributed by atoms with E-state index in [1.165, 1.54) is 15.6 Å². The van der Waals surface area contributed by atoms with Crippen molar-refractivity contribution in [3.05, 3.63) is 76.0 Å². The quantitative estimate of drug-likeness (QED) is 0.240. The smallest absolute Gasteiger partial charge is 0.279 e. The Balaban J connectivity index is 1.36. The molecule has 1 fully saturated rings. The number of fused-ring (bicyclic) bond motifs is 1. The number of nitrogens with zero attached hydrogens (tertiary/aromatic N) is 3. The highest BCUT2D eigenvalue weighted by molar-refractivity contribution is 7.92. The summed E-state index contributed by atoms with van der Waals surface area (Å²) in [6.07, 6.45) is 3.81. The zero-order chi connectivity index (χ0) is 26.9. The number of rotatable bonds is 6. The largest absolute Gasteiger partial charge is 0.370 e. The van der Waals surface area contributed by atoms with Crippen molar-refractivity contribution in [3.63, 3.8) is 0 Å². The third-order valence-electron chi connectivity index (χ3n) is 7.37. The van der Waals surface area contributed by atoms with Crippen molar-refractivity contribution >= 4 is 38.8 Å². The van der Waals surface area contributed by atoms with Crippen LogP contribution < -0.4 is 14.9 Å². The third-order valence-corrected chi connectivity index (χ3v) is 10.0. The third kappa shape index (κ3) is 5.01. The molecule has 2 aliphatic heterocycles. The number of benzene rings is 2. The lowest BCUT2D eigenvalue weighted by Gasteiger charge is -2.37. The number of anilines is 1. The molecule has 38 heavy (non-hydrogen) atoms. The molecule has 0 spiro atoms. The van der Waals surface area contributed by atoms with Gasteiger partial charge in [-0.15, -0.1) is 11.3 Å². The summed E-state index contributed by atoms with van der Waals surface area (Å²) in [5, 5.41) is 18.6. The van der Waals surface area contributed by atoms with Gasteiger partial charge in [-0.05, 0) is 71.8 Å². The van der Waals surface area contributed by atoms with Crippen molar-refractivity contribution in [2.45, 2.75) is 37.1 Å². The average Bonchev–Trinajstić information content (AvgIpc) is 3.47. The van der Waals surface area contributed by atoms with Gasteiger partial charge < -0.3 is 15.5 Å². The molecule has 5 rings (SSSR count). The molecule has 200 valence electrons. The van der Waals surface area contributed by atoms with Crippen molar-refractivity contribution in [1.82, 2.24) is 4.90 Å². The van der Waals surface area contributed by atoms with Crippen molar-refractivity contribution in [1.29, 1.82) is 10.8 Å². The molecular weight excluding hydrogens is 520 g/mol. The Bertz CT molecular complexity index is 1430. The van der Waals surface area contributed by atoms with Gasteiger partial charge in [-0.1, -0.05) is 16.8 Å². The van der Waals surface area contributed by atoms with Gasteiger partial charge in [-0.25, -0.2) is 13.8 Å². The number of amidine groups is 1. The first kappa shape index (κ1) is 26.2. The molecule has 0 bridgehead atoms. The van der Waals surface area contributed by atoms with E-state index in [-0.39, 0.29) is 15.5 Å². The van der Waals surface area contributed by atoms with Crippen molar-refractivity contribution in [2.75, 3.05) is 31.0 Å². The second-order valence-corrected chi connectivity index (χ2v) is 12.7. The molecular formula is C27H33N6O3S2+. The summed E-state index contributed by atoms with van der Waals surface area (Å²) in [6.45, 7) is 2.58. The monoisotopic (exact) mass is 553 g/mol. The minimum absolute atomic E-state index is 0.0171. The first-order chi connectivity index (χ1) is 18.2. The van der Waals surface area contributed by atoms with E-state index >= 15 is 0 Å². The molecule has 9 nitrogen and oxygen atoms in total. The molecule has 2 aliphatic rings. The number of nitrogens with one attached hydrogen (secondary N) is 2. The fraction of sp³-hybridized carbons (Fsp3) is 0.333. The molecule has 1 saturated heterocycles. The first-order valence-corrected chi connectivity index (χ1v) is 15.0. The number of quaternary nitrogens is 1. The van der Waals surface area contributed by atoms with Crippen LogP contribution in [0.3, 0.4) is 0 Å². The van der Waals surface area contributed by atoms with Crippen LogP contribution in [0, 0.1) is 10.8 Å². The minimum Gasteiger partial charge on any atom is -0.370 e. The van der Waals surface area contributed by atoms with E-state index < -0.39 is 10.0 Å². The number of piperidine rings is 1. The summed E-state index contributed by atoms with van der Waals surface area (Å²) < 4.78 is 28.4. The summed E-state index contributed by atoms with van der Waals surface area (Å²) >= 11 is 1.53. The number of nitrogens with two attached hydrogens (primary N) is 1. The predicted molar refractivity (Wildman–Crippen MR) is 150 cm³/mol. The van der Waals surface area contributed by atoms with Gasteiger partial charge in [0.25, 0.3) is 15.9 Å². The van der Waals surface area contributed by atoms with Gasteiger partial charge in [0.05, 0.1) is 10.6 Å². The van der Waals surface area contributed by atoms with Crippen LogP contribution in [0.2, 0.25) is 0 Å². The normalized spacial score (nSPS) is 16.9. The SMILES string of the molecule is CN(c1ccc2c(c1)CN(C(=N)N)CC2)S(=O)(=O)c1ccc(O[N+]2(C(=N)c3cccs3)CCCCC2)cc1. The maximum atomic E-state index is 13.5. The van der Waals surface area contributed by atoms with Crippen molar-refractivity contribution in [2.24, 2.45) is 5.73 Å². The standard InChI is InChI=1S/C27H33N6O3S2/c1-31(22-8-7-20-13-14-32(27(29)30)19-21(20)18-22)38(34,35)24-11-9-23(10-12-24)36-33(15-3-2-4-16-33)26(28)25-6-5-17-37-25/h5-12,17-18,28H,2-4,13-16,19H2,1H3,(H3,29,30)/q+1. The molecule has 0 radical (unpaired) electrons. The molecule has 2 aromatic carbocycles. The van der Waals surface area contributed by atoms with Crippen LogP contribution in [0.1, 0.15) is 35.3 Å². The van der Waals surface area contributed by atoms with Gasteiger partial charge in [-0.3, -0.25) is 9.71 Å². The summed E-state index contributed by atoms with van der Waals surface area (Å²) in [4.78, 5) is 9.22. The molecule has 1 aromatic heterocycles. The van der Waals surface area contributed by atoms with Crippen LogP contribution in [0.4, 0.5) is 5.69 Å². The van der Waals surface area contributed by atoms with Gasteiger partial charge in [0, 0.05) is 33.0 Å². The molecule has 0 unspecified atom stereocenters. The zero-order valence-corrected chi connectivity index (χ0v) is 23.0. The molecule has 0 aliphatic carbocycles. The zero-order valence-electron chi connectivity index (χ0n) is 21.4. The number of hydroxylamine groups is 3. The summed E-state index contributed by atoms with van der Waals surface area (Å²) in [5.41, 5.74) is 8.33. The van der Waals surface area contributed by atoms with Gasteiger partial charge in [0.15, 0.2) is 11.7 Å². The molecule has 4 N–H and O–H groups in total. The highest BCUT2D eigenvalue weighted by Gasteiger charge is 2.40. The fourth-order valence-corrected chi connectivity index (χ4v) is 7.04. The van der Waals surface area contributed by atoms with Crippen LogP contribution in [-0.2, 0) is 23.0 Å². The Hall–Kier alpha value is -3.41. The highest BCUT2D eigenvalue weighted by Crippen LogP contribution is 2.31. The highest BCUT2D eigenvalue weighted by atomic mass is 32.2. The van der Waals surface area contributed by atoms with Crippen molar-refractivity contribution < 1.29 is 17.9 Å². The second-order valence-electron chi connectivity index (χ2n) is 9.77. The molecule has 0 atom stereocenters. The number of sulfonamides is 1. The Kier molecular flexibility index (Phi) is 7.17. The van der Waals surface area contributed by atoms with Gasteiger partial charge >= 0.3 is 0 Å². The maximum absolute atomic E-state index is 13.5. The number of thiophene rings is 1. The van der Waals surface area contributed by atoms with E-state index in [9.17, 15) is 8.42 Å². The Morgan fingerprint density at radius 3 is 2.45 bits per heavy atom. The Labute approximate surface area is 227 Å². The van der Waals surface area contributed by atoms with Crippen molar-refractivity contribution in [3.8, 4) is 5.75 Å². The maximum Gasteiger partial charge on any atom is 0.279 e. The molecule has 3 aromatic rings. The van der Waals surface area contributed by atoms with E-state index in [4.69, 9.17) is 21.4 Å². The summed E-state index contributed by atoms with van der Waals surface area (Å²) in [7, 11) is -2.27. The first-order valence-electron chi connectivity index (χ1n) is 12.7. The van der Waals surface area contributed by atoms with Crippen LogP contribution in [0.5, 0.6) is 5.75 Å². The Morgan fingerprint density at radius 2 is 1.79 bits per heavy atom. The average molecular weight is 554 g/mol. The lowest BCUT2D eigenvalue weighted by atomic mass is 9.99.